The van der Waals surface area contributed by atoms with Gasteiger partial charge in [-0.15, -0.1) is 0 Å². The molecule has 1 atom stereocenters. The van der Waals surface area contributed by atoms with Crippen molar-refractivity contribution in [2.45, 2.75) is 22.4 Å². The molecule has 1 aliphatic rings. The summed E-state index contributed by atoms with van der Waals surface area (Å²) in [5, 5.41) is 28.6. The molecule has 0 radical (unpaired) electrons. The van der Waals surface area contributed by atoms with Gasteiger partial charge in [-0.05, 0) is 36.4 Å². The van der Waals surface area contributed by atoms with Gasteiger partial charge in [-0.1, -0.05) is 36.0 Å². The van der Waals surface area contributed by atoms with Crippen molar-refractivity contribution in [1.82, 2.24) is 5.32 Å². The Morgan fingerprint density at radius 1 is 0.935 bits per heavy atom. The normalized spacial score (nSPS) is 12.7. The van der Waals surface area contributed by atoms with Crippen LogP contribution in [0.1, 0.15) is 5.76 Å². The number of anilines is 2. The lowest BCUT2D eigenvalue weighted by atomic mass is 10.2. The lowest BCUT2D eigenvalue weighted by Gasteiger charge is -2.34. The molecule has 0 amide bonds. The number of carboxylic acid groups (broad SMARTS) is 2. The number of aliphatic carboxylic acids is 2. The van der Waals surface area contributed by atoms with E-state index in [0.29, 0.717) is 19.6 Å². The van der Waals surface area contributed by atoms with Gasteiger partial charge in [0, 0.05) is 16.3 Å². The van der Waals surface area contributed by atoms with E-state index in [9.17, 15) is 5.11 Å². The number of rotatable bonds is 6. The van der Waals surface area contributed by atoms with Gasteiger partial charge in [-0.2, -0.15) is 0 Å². The third kappa shape index (κ3) is 6.11. The lowest BCUT2D eigenvalue weighted by molar-refractivity contribution is -0.159. The smallest absolute Gasteiger partial charge is 0.414 e. The van der Waals surface area contributed by atoms with Gasteiger partial charge in [0.25, 0.3) is 0 Å². The average Bonchev–Trinajstić information content (AvgIpc) is 3.27. The van der Waals surface area contributed by atoms with Crippen molar-refractivity contribution in [3.05, 3.63) is 72.7 Å². The largest absolute Gasteiger partial charge is 0.473 e. The molecule has 162 valence electrons. The second-order valence-corrected chi connectivity index (χ2v) is 7.71. The molecule has 2 aromatic carbocycles. The first-order chi connectivity index (χ1) is 15.0. The minimum absolute atomic E-state index is 0.487. The molecule has 8 nitrogen and oxygen atoms in total. The maximum absolute atomic E-state index is 10.5. The van der Waals surface area contributed by atoms with E-state index in [-0.39, 0.29) is 0 Å². The number of hydrogen-bond donors (Lipinski definition) is 4. The molecule has 0 aliphatic carbocycles. The van der Waals surface area contributed by atoms with Crippen molar-refractivity contribution in [2.24, 2.45) is 0 Å². The van der Waals surface area contributed by atoms with Gasteiger partial charge >= 0.3 is 11.9 Å². The summed E-state index contributed by atoms with van der Waals surface area (Å²) in [6.07, 6.45) is 1.17. The fraction of sp³-hybridized carbons (Fsp3) is 0.182. The molecule has 0 bridgehead atoms. The Morgan fingerprint density at radius 3 is 2.03 bits per heavy atom. The van der Waals surface area contributed by atoms with E-state index in [4.69, 9.17) is 24.2 Å². The molecule has 2 heterocycles. The summed E-state index contributed by atoms with van der Waals surface area (Å²) in [6.45, 7) is 1.67. The van der Waals surface area contributed by atoms with Crippen molar-refractivity contribution < 1.29 is 29.3 Å². The minimum Gasteiger partial charge on any atom is -0.473 e. The first-order valence-corrected chi connectivity index (χ1v) is 10.3. The molecular weight excluding hydrogens is 420 g/mol. The van der Waals surface area contributed by atoms with Crippen LogP contribution in [0, 0.1) is 0 Å². The fourth-order valence-electron chi connectivity index (χ4n) is 3.03. The average molecular weight is 442 g/mol. The van der Waals surface area contributed by atoms with Crippen molar-refractivity contribution in [2.75, 3.05) is 18.0 Å². The van der Waals surface area contributed by atoms with Crippen LogP contribution in [0.2, 0.25) is 0 Å². The second-order valence-electron chi connectivity index (χ2n) is 6.62. The summed E-state index contributed by atoms with van der Waals surface area (Å²) in [4.78, 5) is 22.8. The molecule has 0 fully saturated rings. The van der Waals surface area contributed by atoms with Crippen molar-refractivity contribution in [3.63, 3.8) is 0 Å². The van der Waals surface area contributed by atoms with Crippen LogP contribution in [-0.4, -0.2) is 46.5 Å². The number of nitrogens with zero attached hydrogens (tertiary/aromatic N) is 1. The molecule has 1 unspecified atom stereocenters. The van der Waals surface area contributed by atoms with Gasteiger partial charge in [0.15, 0.2) is 0 Å². The number of carbonyl (C=O) groups is 2. The minimum atomic E-state index is -1.82. The predicted octanol–water partition coefficient (Wildman–Crippen LogP) is 3.19. The molecule has 4 rings (SSSR count). The van der Waals surface area contributed by atoms with Crippen LogP contribution in [0.15, 0.2) is 81.1 Å². The van der Waals surface area contributed by atoms with Gasteiger partial charge in [-0.25, -0.2) is 9.59 Å². The van der Waals surface area contributed by atoms with Crippen LogP contribution in [-0.2, 0) is 16.1 Å². The lowest BCUT2D eigenvalue weighted by Crippen LogP contribution is -2.37. The van der Waals surface area contributed by atoms with Crippen LogP contribution in [0.25, 0.3) is 0 Å². The molecule has 1 aliphatic heterocycles. The number of para-hydroxylation sites is 2. The van der Waals surface area contributed by atoms with Gasteiger partial charge in [-0.3, -0.25) is 0 Å². The Morgan fingerprint density at radius 2 is 1.52 bits per heavy atom. The molecule has 0 spiro atoms. The van der Waals surface area contributed by atoms with Gasteiger partial charge in [0.05, 0.1) is 36.8 Å². The number of furan rings is 1. The van der Waals surface area contributed by atoms with Crippen molar-refractivity contribution >= 4 is 35.1 Å². The highest BCUT2D eigenvalue weighted by Gasteiger charge is 2.24. The number of aliphatic hydroxyl groups excluding tert-OH is 1. The number of hydrogen-bond acceptors (Lipinski definition) is 7. The van der Waals surface area contributed by atoms with Crippen LogP contribution in [0.5, 0.6) is 0 Å². The highest BCUT2D eigenvalue weighted by Crippen LogP contribution is 2.47. The van der Waals surface area contributed by atoms with Crippen LogP contribution < -0.4 is 10.2 Å². The van der Waals surface area contributed by atoms with E-state index >= 15 is 0 Å². The van der Waals surface area contributed by atoms with Crippen LogP contribution in [0.4, 0.5) is 11.4 Å². The number of aliphatic hydroxyl groups is 1. The Labute approximate surface area is 183 Å². The fourth-order valence-corrected chi connectivity index (χ4v) is 4.12. The standard InChI is InChI=1S/C20H20N2O2S.C2H2O4/c23-15(12-21-13-16-6-5-11-24-16)14-22-17-7-1-3-9-19(17)25-20-10-4-2-8-18(20)22;3-1(4)2(5)6/h1-11,15,21,23H,12-14H2;(H,3,4)(H,5,6). The molecule has 3 aromatic rings. The highest BCUT2D eigenvalue weighted by atomic mass is 32.2. The van der Waals surface area contributed by atoms with E-state index < -0.39 is 18.0 Å². The number of benzene rings is 2. The Balaban J connectivity index is 0.000000401. The molecule has 0 saturated heterocycles. The summed E-state index contributed by atoms with van der Waals surface area (Å²) in [5.41, 5.74) is 2.30. The monoisotopic (exact) mass is 442 g/mol. The van der Waals surface area contributed by atoms with Crippen molar-refractivity contribution in [1.29, 1.82) is 0 Å². The molecule has 4 N–H and O–H groups in total. The maximum Gasteiger partial charge on any atom is 0.414 e. The summed E-state index contributed by atoms with van der Waals surface area (Å²) in [7, 11) is 0. The first-order valence-electron chi connectivity index (χ1n) is 9.46. The van der Waals surface area contributed by atoms with E-state index in [1.165, 1.54) is 9.79 Å². The zero-order valence-electron chi connectivity index (χ0n) is 16.5. The molecule has 9 heteroatoms. The Hall–Kier alpha value is -3.27. The van der Waals surface area contributed by atoms with E-state index in [1.54, 1.807) is 18.0 Å². The zero-order valence-corrected chi connectivity index (χ0v) is 17.3. The SMILES string of the molecule is O=C(O)C(=O)O.OC(CNCc1ccco1)CN1c2ccccc2Sc2ccccc21. The third-order valence-corrected chi connectivity index (χ3v) is 5.50. The van der Waals surface area contributed by atoms with Crippen LogP contribution >= 0.6 is 11.8 Å². The Kier molecular flexibility index (Phi) is 7.71. The number of fused-ring (bicyclic) bond motifs is 2. The van der Waals surface area contributed by atoms with Crippen LogP contribution in [0.3, 0.4) is 0 Å². The van der Waals surface area contributed by atoms with Crippen molar-refractivity contribution in [3.8, 4) is 0 Å². The van der Waals surface area contributed by atoms with E-state index in [1.807, 2.05) is 24.3 Å². The van der Waals surface area contributed by atoms with E-state index in [2.05, 4.69) is 46.6 Å². The van der Waals surface area contributed by atoms with Gasteiger partial charge < -0.3 is 30.0 Å². The Bertz CT molecular complexity index is 967. The molecule has 31 heavy (non-hydrogen) atoms. The second kappa shape index (κ2) is 10.7. The van der Waals surface area contributed by atoms with Gasteiger partial charge in [0.1, 0.15) is 5.76 Å². The van der Waals surface area contributed by atoms with Gasteiger partial charge in [0.2, 0.25) is 0 Å². The molecule has 1 aromatic heterocycles. The summed E-state index contributed by atoms with van der Waals surface area (Å²) in [6, 6.07) is 20.5. The molecule has 0 saturated carbocycles. The summed E-state index contributed by atoms with van der Waals surface area (Å²) in [5.74, 6) is -2.78. The van der Waals surface area contributed by atoms with E-state index in [0.717, 1.165) is 17.1 Å². The quantitative estimate of drug-likeness (QED) is 0.426. The third-order valence-electron chi connectivity index (χ3n) is 4.37. The number of carboxylic acids is 2. The number of nitrogens with one attached hydrogen (secondary N) is 1. The molecular formula is C22H22N2O6S. The highest BCUT2D eigenvalue weighted by molar-refractivity contribution is 7.99. The predicted molar refractivity (Wildman–Crippen MR) is 116 cm³/mol. The maximum atomic E-state index is 10.5. The first kappa shape index (κ1) is 22.4. The number of β-amino-alcohol motifs (C(OH)–C–C–N with tert-alkyl or cyclic N) is 1. The summed E-state index contributed by atoms with van der Waals surface area (Å²) < 4.78 is 5.30. The topological polar surface area (TPSA) is 123 Å². The zero-order chi connectivity index (χ0) is 22.2. The summed E-state index contributed by atoms with van der Waals surface area (Å²) >= 11 is 1.78.